The number of methoxy groups -OCH3 is 1. The molecule has 2 aromatic carbocycles. The second kappa shape index (κ2) is 6.37. The molecule has 0 fully saturated rings. The van der Waals surface area contributed by atoms with Crippen LogP contribution in [0.25, 0.3) is 22.6 Å². The van der Waals surface area contributed by atoms with Crippen LogP contribution in [0.5, 0.6) is 5.75 Å². The third-order valence-corrected chi connectivity index (χ3v) is 3.38. The lowest BCUT2D eigenvalue weighted by Gasteiger charge is -2.14. The van der Waals surface area contributed by atoms with Crippen molar-refractivity contribution in [3.8, 4) is 17.2 Å². The molecule has 0 amide bonds. The molecular weight excluding hydrogens is 294 g/mol. The fraction of sp³-hybridized carbons (Fsp3) is 0.125. The van der Waals surface area contributed by atoms with Crippen molar-refractivity contribution in [1.82, 2.24) is 10.1 Å². The molecule has 0 unspecified atom stereocenters. The van der Waals surface area contributed by atoms with Crippen LogP contribution < -0.4 is 16.3 Å². The predicted octanol–water partition coefficient (Wildman–Crippen LogP) is 2.08. The Labute approximate surface area is 133 Å². The van der Waals surface area contributed by atoms with Crippen LogP contribution in [0.3, 0.4) is 0 Å². The van der Waals surface area contributed by atoms with E-state index in [2.05, 4.69) is 10.1 Å². The number of nitrogens with two attached hydrogens (primary N) is 2. The first kappa shape index (κ1) is 14.9. The Balaban J connectivity index is 1.94. The smallest absolute Gasteiger partial charge is 0.227 e. The van der Waals surface area contributed by atoms with Crippen molar-refractivity contribution in [2.75, 3.05) is 7.11 Å². The van der Waals surface area contributed by atoms with Gasteiger partial charge in [0.25, 0.3) is 0 Å². The molecule has 0 radical (unpaired) electrons. The summed E-state index contributed by atoms with van der Waals surface area (Å²) in [6.45, 7) is 0.366. The van der Waals surface area contributed by atoms with Crippen molar-refractivity contribution in [3.05, 3.63) is 48.0 Å². The number of para-hydroxylation sites is 2. The van der Waals surface area contributed by atoms with Crippen molar-refractivity contribution in [1.29, 1.82) is 0 Å². The molecule has 3 aromatic rings. The number of hydrazine groups is 1. The van der Waals surface area contributed by atoms with Gasteiger partial charge in [0.05, 0.1) is 13.7 Å². The van der Waals surface area contributed by atoms with Crippen molar-refractivity contribution >= 4 is 17.4 Å². The Kier molecular flexibility index (Phi) is 4.11. The molecule has 3 rings (SSSR count). The van der Waals surface area contributed by atoms with Crippen LogP contribution in [-0.2, 0) is 6.54 Å². The Morgan fingerprint density at radius 3 is 2.87 bits per heavy atom. The summed E-state index contributed by atoms with van der Waals surface area (Å²) in [5.74, 6) is 6.92. The molecule has 1 heterocycles. The highest BCUT2D eigenvalue weighted by molar-refractivity contribution is 5.76. The van der Waals surface area contributed by atoms with Crippen LogP contribution >= 0.6 is 0 Å². The number of oxazole rings is 1. The zero-order valence-electron chi connectivity index (χ0n) is 12.6. The first-order valence-electron chi connectivity index (χ1n) is 7.00. The van der Waals surface area contributed by atoms with E-state index in [1.165, 1.54) is 5.12 Å². The van der Waals surface area contributed by atoms with E-state index in [4.69, 9.17) is 20.7 Å². The molecule has 0 aliphatic rings. The van der Waals surface area contributed by atoms with Gasteiger partial charge in [-0.3, -0.25) is 0 Å². The van der Waals surface area contributed by atoms with Gasteiger partial charge in [-0.2, -0.15) is 5.10 Å². The molecule has 1 aromatic heterocycles. The van der Waals surface area contributed by atoms with E-state index in [0.29, 0.717) is 18.2 Å². The minimum atomic E-state index is 0.366. The minimum absolute atomic E-state index is 0.366. The Bertz CT molecular complexity index is 810. The monoisotopic (exact) mass is 311 g/mol. The van der Waals surface area contributed by atoms with Crippen molar-refractivity contribution in [2.45, 2.75) is 6.54 Å². The lowest BCUT2D eigenvalue weighted by molar-refractivity contribution is 0.285. The van der Waals surface area contributed by atoms with E-state index in [1.807, 2.05) is 42.5 Å². The van der Waals surface area contributed by atoms with E-state index in [1.54, 1.807) is 7.11 Å². The van der Waals surface area contributed by atoms with Gasteiger partial charge in [0.15, 0.2) is 5.58 Å². The number of benzene rings is 2. The minimum Gasteiger partial charge on any atom is -0.496 e. The first-order chi connectivity index (χ1) is 11.2. The number of nitrogens with zero attached hydrogens (tertiary/aromatic N) is 3. The van der Waals surface area contributed by atoms with E-state index < -0.39 is 0 Å². The van der Waals surface area contributed by atoms with Gasteiger partial charge in [-0.15, -0.1) is 0 Å². The van der Waals surface area contributed by atoms with Crippen LogP contribution in [0.4, 0.5) is 0 Å². The normalized spacial score (nSPS) is 11.2. The summed E-state index contributed by atoms with van der Waals surface area (Å²) in [5.41, 5.74) is 8.49. The maximum Gasteiger partial charge on any atom is 0.227 e. The number of ether oxygens (including phenoxy) is 1. The molecule has 23 heavy (non-hydrogen) atoms. The summed E-state index contributed by atoms with van der Waals surface area (Å²) in [7, 11) is 1.60. The van der Waals surface area contributed by atoms with Crippen LogP contribution in [0.2, 0.25) is 0 Å². The highest BCUT2D eigenvalue weighted by Crippen LogP contribution is 2.29. The molecule has 0 aliphatic carbocycles. The van der Waals surface area contributed by atoms with Gasteiger partial charge in [0.1, 0.15) is 17.6 Å². The SMILES string of the molecule is COc1cc(-c2nc3ccccc3o2)ccc1CN(N)/N=C\N. The maximum absolute atomic E-state index is 5.77. The van der Waals surface area contributed by atoms with E-state index in [-0.39, 0.29) is 0 Å². The van der Waals surface area contributed by atoms with Gasteiger partial charge in [0.2, 0.25) is 5.89 Å². The molecule has 0 aliphatic heterocycles. The van der Waals surface area contributed by atoms with E-state index in [9.17, 15) is 0 Å². The zero-order valence-corrected chi connectivity index (χ0v) is 12.6. The Morgan fingerprint density at radius 2 is 2.13 bits per heavy atom. The highest BCUT2D eigenvalue weighted by atomic mass is 16.5. The number of hydrazone groups is 1. The number of hydrogen-bond donors (Lipinski definition) is 2. The number of aromatic nitrogens is 1. The highest BCUT2D eigenvalue weighted by Gasteiger charge is 2.12. The Morgan fingerprint density at radius 1 is 1.30 bits per heavy atom. The second-order valence-corrected chi connectivity index (χ2v) is 4.88. The summed E-state index contributed by atoms with van der Waals surface area (Å²) in [4.78, 5) is 4.48. The maximum atomic E-state index is 5.77. The van der Waals surface area contributed by atoms with Crippen LogP contribution in [0.15, 0.2) is 52.0 Å². The molecule has 118 valence electrons. The zero-order chi connectivity index (χ0) is 16.2. The quantitative estimate of drug-likeness (QED) is 0.324. The fourth-order valence-electron chi connectivity index (χ4n) is 2.30. The first-order valence-corrected chi connectivity index (χ1v) is 7.00. The summed E-state index contributed by atoms with van der Waals surface area (Å²) in [6, 6.07) is 13.3. The standard InChI is InChI=1S/C16H17N5O2/c1-22-15-8-11(6-7-12(15)9-21(18)19-10-17)16-20-13-4-2-3-5-14(13)23-16/h2-8,10H,9,18H2,1H3,(H2,17,19). The van der Waals surface area contributed by atoms with Crippen molar-refractivity contribution in [3.63, 3.8) is 0 Å². The molecule has 7 heteroatoms. The van der Waals surface area contributed by atoms with Crippen molar-refractivity contribution in [2.24, 2.45) is 16.7 Å². The van der Waals surface area contributed by atoms with Gasteiger partial charge in [0, 0.05) is 11.1 Å². The third-order valence-electron chi connectivity index (χ3n) is 3.38. The summed E-state index contributed by atoms with van der Waals surface area (Å²) >= 11 is 0. The van der Waals surface area contributed by atoms with E-state index >= 15 is 0 Å². The van der Waals surface area contributed by atoms with Gasteiger partial charge in [-0.1, -0.05) is 18.2 Å². The molecule has 4 N–H and O–H groups in total. The van der Waals surface area contributed by atoms with Crippen LogP contribution in [-0.4, -0.2) is 23.6 Å². The Hall–Kier alpha value is -3.06. The average Bonchev–Trinajstić information content (AvgIpc) is 2.99. The van der Waals surface area contributed by atoms with Gasteiger partial charge in [-0.05, 0) is 24.3 Å². The third kappa shape index (κ3) is 3.09. The summed E-state index contributed by atoms with van der Waals surface area (Å²) < 4.78 is 11.2. The number of fused-ring (bicyclic) bond motifs is 1. The number of rotatable bonds is 5. The van der Waals surface area contributed by atoms with Crippen molar-refractivity contribution < 1.29 is 9.15 Å². The van der Waals surface area contributed by atoms with Crippen LogP contribution in [0.1, 0.15) is 5.56 Å². The molecule has 0 saturated carbocycles. The lowest BCUT2D eigenvalue weighted by Crippen LogP contribution is -2.25. The molecule has 0 bridgehead atoms. The topological polar surface area (TPSA) is 103 Å². The number of hydrogen-bond acceptors (Lipinski definition) is 6. The fourth-order valence-corrected chi connectivity index (χ4v) is 2.30. The second-order valence-electron chi connectivity index (χ2n) is 4.88. The van der Waals surface area contributed by atoms with E-state index in [0.717, 1.165) is 28.6 Å². The van der Waals surface area contributed by atoms with Gasteiger partial charge < -0.3 is 14.9 Å². The summed E-state index contributed by atoms with van der Waals surface area (Å²) in [5, 5.41) is 5.02. The summed E-state index contributed by atoms with van der Waals surface area (Å²) in [6.07, 6.45) is 1.14. The molecule has 0 atom stereocenters. The van der Waals surface area contributed by atoms with Gasteiger partial charge >= 0.3 is 0 Å². The van der Waals surface area contributed by atoms with Gasteiger partial charge in [-0.25, -0.2) is 15.9 Å². The average molecular weight is 311 g/mol. The lowest BCUT2D eigenvalue weighted by atomic mass is 10.1. The molecule has 7 nitrogen and oxygen atoms in total. The largest absolute Gasteiger partial charge is 0.496 e. The molecule has 0 saturated heterocycles. The molecule has 0 spiro atoms. The van der Waals surface area contributed by atoms with Crippen LogP contribution in [0, 0.1) is 0 Å². The molecular formula is C16H17N5O2. The predicted molar refractivity (Wildman–Crippen MR) is 88.4 cm³/mol.